The highest BCUT2D eigenvalue weighted by atomic mass is 16.8. The molecule has 2 N–H and O–H groups in total. The summed E-state index contributed by atoms with van der Waals surface area (Å²) in [5, 5.41) is 20.2. The van der Waals surface area contributed by atoms with E-state index in [-0.39, 0.29) is 5.84 Å². The van der Waals surface area contributed by atoms with Crippen LogP contribution < -0.4 is 10.5 Å². The summed E-state index contributed by atoms with van der Waals surface area (Å²) in [7, 11) is 0. The molecule has 3 aliphatic rings. The summed E-state index contributed by atoms with van der Waals surface area (Å²) in [5.41, 5.74) is 5.40. The summed E-state index contributed by atoms with van der Waals surface area (Å²) in [5.74, 6) is -1.30. The molecular weight excluding hydrogens is 368 g/mol. The van der Waals surface area contributed by atoms with Crippen LogP contribution in [0.15, 0.2) is 59.6 Å². The van der Waals surface area contributed by atoms with Crippen LogP contribution in [0.25, 0.3) is 0 Å². The molecule has 0 unspecified atom stereocenters. The van der Waals surface area contributed by atoms with Crippen molar-refractivity contribution in [2.45, 2.75) is 18.4 Å². The number of nitrogens with zero attached hydrogens (tertiary/aromatic N) is 3. The molecular formula is C22H18N4O3. The molecule has 0 radical (unpaired) electrons. The Bertz CT molecular complexity index is 1080. The molecule has 1 spiro atoms. The SMILES string of the molecule is N#C[C@@]12C(N)=NC3(OCCO3)[C@]1(C#N)[C@H]2c1cccc(OCc2ccccc2)c1. The Hall–Kier alpha value is -3.39. The van der Waals surface area contributed by atoms with Crippen molar-refractivity contribution < 1.29 is 14.2 Å². The van der Waals surface area contributed by atoms with Crippen LogP contribution in [0.5, 0.6) is 5.75 Å². The van der Waals surface area contributed by atoms with Gasteiger partial charge in [-0.3, -0.25) is 0 Å². The maximum Gasteiger partial charge on any atom is 0.293 e. The molecule has 0 bridgehead atoms. The molecule has 1 saturated heterocycles. The predicted molar refractivity (Wildman–Crippen MR) is 102 cm³/mol. The van der Waals surface area contributed by atoms with E-state index in [1.54, 1.807) is 0 Å². The summed E-state index contributed by atoms with van der Waals surface area (Å²) in [6.07, 6.45) is 0. The third kappa shape index (κ3) is 2.09. The predicted octanol–water partition coefficient (Wildman–Crippen LogP) is 2.45. The summed E-state index contributed by atoms with van der Waals surface area (Å²) < 4.78 is 17.4. The van der Waals surface area contributed by atoms with E-state index in [9.17, 15) is 10.5 Å². The second-order valence-electron chi connectivity index (χ2n) is 7.40. The Morgan fingerprint density at radius 3 is 2.52 bits per heavy atom. The van der Waals surface area contributed by atoms with Gasteiger partial charge in [0.25, 0.3) is 5.91 Å². The minimum Gasteiger partial charge on any atom is -0.489 e. The molecule has 1 aliphatic carbocycles. The van der Waals surface area contributed by atoms with Gasteiger partial charge in [-0.2, -0.15) is 10.5 Å². The van der Waals surface area contributed by atoms with Gasteiger partial charge < -0.3 is 19.9 Å². The van der Waals surface area contributed by atoms with Crippen molar-refractivity contribution in [3.63, 3.8) is 0 Å². The van der Waals surface area contributed by atoms with Gasteiger partial charge in [-0.05, 0) is 23.3 Å². The third-order valence-corrected chi connectivity index (χ3v) is 6.05. The fourth-order valence-electron chi connectivity index (χ4n) is 4.74. The molecule has 5 rings (SSSR count). The fraction of sp³-hybridized carbons (Fsp3) is 0.318. The van der Waals surface area contributed by atoms with Crippen molar-refractivity contribution in [2.75, 3.05) is 13.2 Å². The topological polar surface area (TPSA) is 114 Å². The molecule has 2 fully saturated rings. The molecule has 29 heavy (non-hydrogen) atoms. The molecule has 0 amide bonds. The van der Waals surface area contributed by atoms with Crippen LogP contribution in [0.3, 0.4) is 0 Å². The number of amidine groups is 1. The lowest BCUT2D eigenvalue weighted by atomic mass is 9.94. The van der Waals surface area contributed by atoms with Crippen molar-refractivity contribution in [2.24, 2.45) is 21.6 Å². The van der Waals surface area contributed by atoms with Crippen molar-refractivity contribution in [3.05, 3.63) is 65.7 Å². The van der Waals surface area contributed by atoms with E-state index in [0.717, 1.165) is 11.1 Å². The zero-order valence-corrected chi connectivity index (χ0v) is 15.5. The summed E-state index contributed by atoms with van der Waals surface area (Å²) >= 11 is 0. The minimum atomic E-state index is -1.52. The normalized spacial score (nSPS) is 30.8. The average molecular weight is 386 g/mol. The zero-order valence-electron chi connectivity index (χ0n) is 15.5. The van der Waals surface area contributed by atoms with Crippen LogP contribution in [-0.4, -0.2) is 25.0 Å². The van der Waals surface area contributed by atoms with Crippen LogP contribution >= 0.6 is 0 Å². The van der Waals surface area contributed by atoms with Gasteiger partial charge in [0.2, 0.25) is 0 Å². The number of aliphatic imine (C=N–C) groups is 1. The van der Waals surface area contributed by atoms with Crippen LogP contribution in [0.4, 0.5) is 0 Å². The molecule has 3 atom stereocenters. The molecule has 7 nitrogen and oxygen atoms in total. The smallest absolute Gasteiger partial charge is 0.293 e. The van der Waals surface area contributed by atoms with Crippen LogP contribution in [-0.2, 0) is 16.1 Å². The third-order valence-electron chi connectivity index (χ3n) is 6.05. The minimum absolute atomic E-state index is 0.0871. The van der Waals surface area contributed by atoms with E-state index in [0.29, 0.717) is 25.6 Å². The maximum absolute atomic E-state index is 10.1. The van der Waals surface area contributed by atoms with Gasteiger partial charge >= 0.3 is 0 Å². The van der Waals surface area contributed by atoms with Crippen molar-refractivity contribution in [3.8, 4) is 17.9 Å². The second-order valence-corrected chi connectivity index (χ2v) is 7.40. The quantitative estimate of drug-likeness (QED) is 0.863. The number of rotatable bonds is 4. The van der Waals surface area contributed by atoms with Gasteiger partial charge in [-0.25, -0.2) is 4.99 Å². The van der Waals surface area contributed by atoms with Crippen LogP contribution in [0.1, 0.15) is 17.0 Å². The lowest BCUT2D eigenvalue weighted by Gasteiger charge is -2.25. The summed E-state index contributed by atoms with van der Waals surface area (Å²) in [4.78, 5) is 4.28. The second kappa shape index (κ2) is 6.05. The molecule has 2 heterocycles. The lowest BCUT2D eigenvalue weighted by molar-refractivity contribution is -0.184. The maximum atomic E-state index is 10.1. The van der Waals surface area contributed by atoms with Crippen molar-refractivity contribution in [1.29, 1.82) is 10.5 Å². The number of fused-ring (bicyclic) bond motifs is 2. The van der Waals surface area contributed by atoms with Gasteiger partial charge in [0.15, 0.2) is 5.41 Å². The van der Waals surface area contributed by atoms with Crippen molar-refractivity contribution >= 4 is 5.84 Å². The van der Waals surface area contributed by atoms with Gasteiger partial charge in [-0.15, -0.1) is 0 Å². The number of ether oxygens (including phenoxy) is 3. The molecule has 1 saturated carbocycles. The number of hydrogen-bond donors (Lipinski definition) is 1. The number of benzene rings is 2. The van der Waals surface area contributed by atoms with E-state index in [1.807, 2.05) is 54.6 Å². The first-order valence-corrected chi connectivity index (χ1v) is 9.36. The molecule has 2 aliphatic heterocycles. The summed E-state index contributed by atoms with van der Waals surface area (Å²) in [6, 6.07) is 21.8. The Balaban J connectivity index is 1.50. The van der Waals surface area contributed by atoms with Gasteiger partial charge in [0.1, 0.15) is 23.6 Å². The van der Waals surface area contributed by atoms with Gasteiger partial charge in [0, 0.05) is 5.92 Å². The largest absolute Gasteiger partial charge is 0.489 e. The first kappa shape index (κ1) is 17.7. The highest BCUT2D eigenvalue weighted by molar-refractivity contribution is 6.00. The Kier molecular flexibility index (Phi) is 3.69. The Morgan fingerprint density at radius 1 is 1.07 bits per heavy atom. The standard InChI is InChI=1S/C22H18N4O3/c23-13-20-18(21(20,14-24)22(26-19(20)25)28-9-10-29-22)16-7-4-8-17(11-16)27-12-15-5-2-1-3-6-15/h1-8,11,18H,9-10,12H2,(H2,25,26)/t18-,20+,21+/m0/s1. The summed E-state index contributed by atoms with van der Waals surface area (Å²) in [6.45, 7) is 1.02. The highest BCUT2D eigenvalue weighted by Crippen LogP contribution is 2.82. The number of nitriles is 2. The van der Waals surface area contributed by atoms with Crippen LogP contribution in [0, 0.1) is 33.5 Å². The first-order chi connectivity index (χ1) is 14.1. The molecule has 144 valence electrons. The highest BCUT2D eigenvalue weighted by Gasteiger charge is 2.94. The van der Waals surface area contributed by atoms with Gasteiger partial charge in [0.05, 0.1) is 25.4 Å². The zero-order chi connectivity index (χ0) is 20.1. The van der Waals surface area contributed by atoms with Crippen molar-refractivity contribution in [1.82, 2.24) is 0 Å². The van der Waals surface area contributed by atoms with Crippen LogP contribution in [0.2, 0.25) is 0 Å². The molecule has 2 aromatic rings. The van der Waals surface area contributed by atoms with E-state index < -0.39 is 22.7 Å². The fourth-order valence-corrected chi connectivity index (χ4v) is 4.74. The average Bonchev–Trinajstić information content (AvgIpc) is 3.02. The van der Waals surface area contributed by atoms with E-state index >= 15 is 0 Å². The molecule has 0 aromatic heterocycles. The van der Waals surface area contributed by atoms with E-state index in [1.165, 1.54) is 0 Å². The van der Waals surface area contributed by atoms with E-state index in [2.05, 4.69) is 17.1 Å². The monoisotopic (exact) mass is 386 g/mol. The van der Waals surface area contributed by atoms with Gasteiger partial charge in [-0.1, -0.05) is 42.5 Å². The van der Waals surface area contributed by atoms with E-state index in [4.69, 9.17) is 19.9 Å². The number of hydrogen-bond acceptors (Lipinski definition) is 7. The number of nitrogens with two attached hydrogens (primary N) is 1. The molecule has 2 aromatic carbocycles. The Labute approximate surface area is 167 Å². The first-order valence-electron chi connectivity index (χ1n) is 9.36. The lowest BCUT2D eigenvalue weighted by Crippen LogP contribution is -2.38. The Morgan fingerprint density at radius 2 is 1.83 bits per heavy atom. The molecule has 7 heteroatoms.